The number of aryl methyl sites for hydroxylation is 1. The standard InChI is InChI=1S/C11H18N2O/c1-3-4-5-12-7-10-8-13-9(2)6-11(10)14/h6,8,12H,3-5,7H2,1-2H3,(H,13,14). The molecule has 2 N–H and O–H groups in total. The molecule has 0 fully saturated rings. The Hall–Kier alpha value is -1.09. The Balaban J connectivity index is 2.47. The number of rotatable bonds is 5. The SMILES string of the molecule is CCCCNCc1c[nH]c(C)cc1=O. The van der Waals surface area contributed by atoms with Crippen LogP contribution in [-0.2, 0) is 6.54 Å². The van der Waals surface area contributed by atoms with Crippen LogP contribution in [0.2, 0.25) is 0 Å². The number of unbranched alkanes of at least 4 members (excludes halogenated alkanes) is 1. The van der Waals surface area contributed by atoms with Gasteiger partial charge in [0, 0.05) is 30.1 Å². The van der Waals surface area contributed by atoms with Crippen LogP contribution in [0.5, 0.6) is 0 Å². The number of nitrogens with one attached hydrogen (secondary N) is 2. The second kappa shape index (κ2) is 5.60. The third-order valence-corrected chi connectivity index (χ3v) is 2.16. The maximum Gasteiger partial charge on any atom is 0.186 e. The van der Waals surface area contributed by atoms with Gasteiger partial charge in [0.2, 0.25) is 0 Å². The van der Waals surface area contributed by atoms with E-state index in [-0.39, 0.29) is 5.43 Å². The summed E-state index contributed by atoms with van der Waals surface area (Å²) >= 11 is 0. The highest BCUT2D eigenvalue weighted by Gasteiger charge is 1.97. The molecular formula is C11H18N2O. The first-order valence-electron chi connectivity index (χ1n) is 5.13. The van der Waals surface area contributed by atoms with Crippen molar-refractivity contribution in [2.45, 2.75) is 33.2 Å². The molecule has 0 unspecified atom stereocenters. The summed E-state index contributed by atoms with van der Waals surface area (Å²) in [5.74, 6) is 0. The van der Waals surface area contributed by atoms with Gasteiger partial charge in [-0.25, -0.2) is 0 Å². The van der Waals surface area contributed by atoms with Crippen molar-refractivity contribution >= 4 is 0 Å². The van der Waals surface area contributed by atoms with Gasteiger partial charge in [-0.1, -0.05) is 13.3 Å². The predicted molar refractivity (Wildman–Crippen MR) is 58.4 cm³/mol. The Morgan fingerprint density at radius 3 is 2.93 bits per heavy atom. The zero-order chi connectivity index (χ0) is 10.4. The molecule has 0 aromatic carbocycles. The largest absolute Gasteiger partial charge is 0.365 e. The topological polar surface area (TPSA) is 44.9 Å². The molecule has 0 spiro atoms. The van der Waals surface area contributed by atoms with Crippen molar-refractivity contribution in [2.75, 3.05) is 6.54 Å². The molecule has 1 heterocycles. The molecule has 14 heavy (non-hydrogen) atoms. The van der Waals surface area contributed by atoms with Crippen LogP contribution in [0.25, 0.3) is 0 Å². The molecule has 0 aliphatic rings. The number of hydrogen-bond donors (Lipinski definition) is 2. The zero-order valence-corrected chi connectivity index (χ0v) is 8.89. The van der Waals surface area contributed by atoms with E-state index < -0.39 is 0 Å². The molecular weight excluding hydrogens is 176 g/mol. The van der Waals surface area contributed by atoms with Gasteiger partial charge in [-0.3, -0.25) is 4.79 Å². The van der Waals surface area contributed by atoms with E-state index in [9.17, 15) is 4.79 Å². The minimum absolute atomic E-state index is 0.116. The quantitative estimate of drug-likeness (QED) is 0.699. The summed E-state index contributed by atoms with van der Waals surface area (Å²) in [5, 5.41) is 3.24. The van der Waals surface area contributed by atoms with E-state index in [0.717, 1.165) is 24.2 Å². The highest BCUT2D eigenvalue weighted by Crippen LogP contribution is 1.92. The van der Waals surface area contributed by atoms with Gasteiger partial charge in [0.1, 0.15) is 0 Å². The minimum atomic E-state index is 0.116. The molecule has 1 aromatic heterocycles. The van der Waals surface area contributed by atoms with Crippen LogP contribution in [0.1, 0.15) is 31.0 Å². The fourth-order valence-electron chi connectivity index (χ4n) is 1.27. The molecule has 3 heteroatoms. The summed E-state index contributed by atoms with van der Waals surface area (Å²) in [7, 11) is 0. The fraction of sp³-hybridized carbons (Fsp3) is 0.545. The minimum Gasteiger partial charge on any atom is -0.365 e. The maximum absolute atomic E-state index is 11.4. The van der Waals surface area contributed by atoms with Crippen LogP contribution >= 0.6 is 0 Å². The molecule has 0 aliphatic heterocycles. The van der Waals surface area contributed by atoms with Crippen LogP contribution in [-0.4, -0.2) is 11.5 Å². The molecule has 3 nitrogen and oxygen atoms in total. The van der Waals surface area contributed by atoms with E-state index in [2.05, 4.69) is 17.2 Å². The number of aromatic nitrogens is 1. The number of hydrogen-bond acceptors (Lipinski definition) is 2. The smallest absolute Gasteiger partial charge is 0.186 e. The van der Waals surface area contributed by atoms with Crippen LogP contribution in [0.4, 0.5) is 0 Å². The van der Waals surface area contributed by atoms with Crippen molar-refractivity contribution in [1.29, 1.82) is 0 Å². The average molecular weight is 194 g/mol. The van der Waals surface area contributed by atoms with Gasteiger partial charge < -0.3 is 10.3 Å². The zero-order valence-electron chi connectivity index (χ0n) is 8.89. The second-order valence-electron chi connectivity index (χ2n) is 3.54. The van der Waals surface area contributed by atoms with E-state index in [0.29, 0.717) is 6.54 Å². The second-order valence-corrected chi connectivity index (χ2v) is 3.54. The summed E-state index contributed by atoms with van der Waals surface area (Å²) < 4.78 is 0. The fourth-order valence-corrected chi connectivity index (χ4v) is 1.27. The normalized spacial score (nSPS) is 10.4. The van der Waals surface area contributed by atoms with Gasteiger partial charge in [-0.05, 0) is 19.9 Å². The summed E-state index contributed by atoms with van der Waals surface area (Å²) in [6, 6.07) is 1.64. The Labute approximate surface area is 84.6 Å². The molecule has 0 bridgehead atoms. The van der Waals surface area contributed by atoms with Crippen molar-refractivity contribution in [3.05, 3.63) is 33.7 Å². The van der Waals surface area contributed by atoms with Gasteiger partial charge in [0.15, 0.2) is 5.43 Å². The Bertz CT molecular complexity index is 330. The van der Waals surface area contributed by atoms with Gasteiger partial charge in [0.25, 0.3) is 0 Å². The molecule has 78 valence electrons. The maximum atomic E-state index is 11.4. The molecule has 1 aromatic rings. The molecule has 0 amide bonds. The first-order valence-corrected chi connectivity index (χ1v) is 5.13. The lowest BCUT2D eigenvalue weighted by atomic mass is 10.2. The van der Waals surface area contributed by atoms with Gasteiger partial charge in [0.05, 0.1) is 0 Å². The first kappa shape index (κ1) is 11.0. The highest BCUT2D eigenvalue weighted by molar-refractivity contribution is 5.13. The van der Waals surface area contributed by atoms with Crippen LogP contribution < -0.4 is 10.7 Å². The molecule has 0 saturated carbocycles. The third-order valence-electron chi connectivity index (χ3n) is 2.16. The Morgan fingerprint density at radius 1 is 1.50 bits per heavy atom. The van der Waals surface area contributed by atoms with Crippen molar-refractivity contribution in [3.63, 3.8) is 0 Å². The summed E-state index contributed by atoms with van der Waals surface area (Å²) in [4.78, 5) is 14.5. The lowest BCUT2D eigenvalue weighted by Gasteiger charge is -2.03. The van der Waals surface area contributed by atoms with Crippen LogP contribution in [0, 0.1) is 6.92 Å². The predicted octanol–water partition coefficient (Wildman–Crippen LogP) is 1.57. The van der Waals surface area contributed by atoms with Crippen molar-refractivity contribution in [3.8, 4) is 0 Å². The number of pyridine rings is 1. The van der Waals surface area contributed by atoms with E-state index in [4.69, 9.17) is 0 Å². The number of aromatic amines is 1. The summed E-state index contributed by atoms with van der Waals surface area (Å²) in [6.07, 6.45) is 4.12. The van der Waals surface area contributed by atoms with E-state index in [1.54, 1.807) is 12.3 Å². The monoisotopic (exact) mass is 194 g/mol. The van der Waals surface area contributed by atoms with E-state index in [1.165, 1.54) is 6.42 Å². The highest BCUT2D eigenvalue weighted by atomic mass is 16.1. The number of H-pyrrole nitrogens is 1. The molecule has 0 saturated heterocycles. The molecule has 0 atom stereocenters. The van der Waals surface area contributed by atoms with Gasteiger partial charge in [-0.2, -0.15) is 0 Å². The molecule has 0 radical (unpaired) electrons. The van der Waals surface area contributed by atoms with Crippen LogP contribution in [0.3, 0.4) is 0 Å². The Kier molecular flexibility index (Phi) is 4.40. The molecule has 0 aliphatic carbocycles. The summed E-state index contributed by atoms with van der Waals surface area (Å²) in [6.45, 7) is 5.68. The average Bonchev–Trinajstić information content (AvgIpc) is 2.15. The summed E-state index contributed by atoms with van der Waals surface area (Å²) in [5.41, 5.74) is 1.84. The van der Waals surface area contributed by atoms with E-state index >= 15 is 0 Å². The van der Waals surface area contributed by atoms with Crippen molar-refractivity contribution in [2.24, 2.45) is 0 Å². The van der Waals surface area contributed by atoms with Crippen molar-refractivity contribution in [1.82, 2.24) is 10.3 Å². The van der Waals surface area contributed by atoms with Gasteiger partial charge in [-0.15, -0.1) is 0 Å². The van der Waals surface area contributed by atoms with Crippen molar-refractivity contribution < 1.29 is 0 Å². The first-order chi connectivity index (χ1) is 6.74. The third kappa shape index (κ3) is 3.34. The van der Waals surface area contributed by atoms with Gasteiger partial charge >= 0.3 is 0 Å². The van der Waals surface area contributed by atoms with Crippen LogP contribution in [0.15, 0.2) is 17.1 Å². The lowest BCUT2D eigenvalue weighted by Crippen LogP contribution is -2.20. The lowest BCUT2D eigenvalue weighted by molar-refractivity contribution is 0.638. The van der Waals surface area contributed by atoms with E-state index in [1.807, 2.05) is 6.92 Å². The molecule has 1 rings (SSSR count). The Morgan fingerprint density at radius 2 is 2.29 bits per heavy atom.